The van der Waals surface area contributed by atoms with Crippen LogP contribution in [-0.2, 0) is 4.79 Å². The minimum Gasteiger partial charge on any atom is -0.396 e. The molecule has 0 saturated carbocycles. The number of hydrogen-bond donors (Lipinski definition) is 3. The van der Waals surface area contributed by atoms with E-state index < -0.39 is 0 Å². The molecule has 0 unspecified atom stereocenters. The van der Waals surface area contributed by atoms with Gasteiger partial charge in [-0.25, -0.2) is 0 Å². The molecule has 0 aliphatic carbocycles. The van der Waals surface area contributed by atoms with Gasteiger partial charge in [0.2, 0.25) is 5.91 Å². The van der Waals surface area contributed by atoms with E-state index in [0.717, 1.165) is 12.8 Å². The summed E-state index contributed by atoms with van der Waals surface area (Å²) >= 11 is 0. The van der Waals surface area contributed by atoms with Crippen LogP contribution >= 0.6 is 0 Å². The molecule has 0 aromatic rings. The zero-order valence-electron chi connectivity index (χ0n) is 9.39. The molecule has 84 valence electrons. The summed E-state index contributed by atoms with van der Waals surface area (Å²) in [4.78, 5) is 10.9. The smallest absolute Gasteiger partial charge is 0.233 e. The van der Waals surface area contributed by atoms with Gasteiger partial charge < -0.3 is 15.7 Å². The van der Waals surface area contributed by atoms with Gasteiger partial charge in [0.15, 0.2) is 0 Å². The van der Waals surface area contributed by atoms with Crippen LogP contribution in [0.15, 0.2) is 0 Å². The van der Waals surface area contributed by atoms with E-state index in [0.29, 0.717) is 13.1 Å². The summed E-state index contributed by atoms with van der Waals surface area (Å²) < 4.78 is 0. The zero-order chi connectivity index (χ0) is 11.0. The van der Waals surface area contributed by atoms with Gasteiger partial charge in [0, 0.05) is 25.6 Å². The molecule has 0 aromatic heterocycles. The SMILES string of the molecule is CCC(CC)(CO)CNCC(=O)NC. The monoisotopic (exact) mass is 202 g/mol. The Kier molecular flexibility index (Phi) is 6.49. The molecule has 14 heavy (non-hydrogen) atoms. The third-order valence-corrected chi connectivity index (χ3v) is 2.90. The van der Waals surface area contributed by atoms with Gasteiger partial charge in [-0.3, -0.25) is 4.79 Å². The van der Waals surface area contributed by atoms with E-state index in [4.69, 9.17) is 0 Å². The molecule has 4 heteroatoms. The van der Waals surface area contributed by atoms with Gasteiger partial charge in [0.05, 0.1) is 6.54 Å². The Morgan fingerprint density at radius 1 is 1.36 bits per heavy atom. The van der Waals surface area contributed by atoms with Crippen molar-refractivity contribution in [3.63, 3.8) is 0 Å². The number of carbonyl (C=O) groups is 1. The van der Waals surface area contributed by atoms with Gasteiger partial charge in [-0.15, -0.1) is 0 Å². The topological polar surface area (TPSA) is 61.4 Å². The largest absolute Gasteiger partial charge is 0.396 e. The van der Waals surface area contributed by atoms with Crippen LogP contribution in [0.25, 0.3) is 0 Å². The predicted octanol–water partition coefficient (Wildman–Crippen LogP) is 0.121. The van der Waals surface area contributed by atoms with Crippen LogP contribution in [-0.4, -0.2) is 37.8 Å². The second-order valence-corrected chi connectivity index (χ2v) is 3.64. The van der Waals surface area contributed by atoms with Crippen LogP contribution in [0.5, 0.6) is 0 Å². The Morgan fingerprint density at radius 3 is 2.29 bits per heavy atom. The van der Waals surface area contributed by atoms with Gasteiger partial charge in [0.25, 0.3) is 0 Å². The van der Waals surface area contributed by atoms with Crippen molar-refractivity contribution in [1.82, 2.24) is 10.6 Å². The Hall–Kier alpha value is -0.610. The third-order valence-electron chi connectivity index (χ3n) is 2.90. The van der Waals surface area contributed by atoms with Gasteiger partial charge in [0.1, 0.15) is 0 Å². The zero-order valence-corrected chi connectivity index (χ0v) is 9.39. The van der Waals surface area contributed by atoms with Crippen molar-refractivity contribution in [2.24, 2.45) is 5.41 Å². The lowest BCUT2D eigenvalue weighted by Crippen LogP contribution is -2.40. The summed E-state index contributed by atoms with van der Waals surface area (Å²) in [5, 5.41) is 14.9. The fourth-order valence-corrected chi connectivity index (χ4v) is 1.31. The molecule has 4 nitrogen and oxygen atoms in total. The highest BCUT2D eigenvalue weighted by atomic mass is 16.3. The number of amides is 1. The maximum absolute atomic E-state index is 10.9. The normalized spacial score (nSPS) is 11.4. The van der Waals surface area contributed by atoms with Crippen LogP contribution in [0.3, 0.4) is 0 Å². The number of aliphatic hydroxyl groups excluding tert-OH is 1. The van der Waals surface area contributed by atoms with Crippen LogP contribution in [0.2, 0.25) is 0 Å². The number of rotatable bonds is 7. The van der Waals surface area contributed by atoms with Crippen LogP contribution < -0.4 is 10.6 Å². The molecular formula is C10H22N2O2. The highest BCUT2D eigenvalue weighted by Crippen LogP contribution is 2.24. The lowest BCUT2D eigenvalue weighted by atomic mass is 9.83. The number of nitrogens with one attached hydrogen (secondary N) is 2. The lowest BCUT2D eigenvalue weighted by molar-refractivity contribution is -0.119. The van der Waals surface area contributed by atoms with E-state index in [1.807, 2.05) is 0 Å². The van der Waals surface area contributed by atoms with Gasteiger partial charge in [-0.1, -0.05) is 13.8 Å². The number of carbonyl (C=O) groups excluding carboxylic acids is 1. The summed E-state index contributed by atoms with van der Waals surface area (Å²) in [7, 11) is 1.61. The Morgan fingerprint density at radius 2 is 1.93 bits per heavy atom. The van der Waals surface area contributed by atoms with Crippen molar-refractivity contribution in [3.8, 4) is 0 Å². The molecule has 0 fully saturated rings. The maximum atomic E-state index is 10.9. The molecule has 0 radical (unpaired) electrons. The summed E-state index contributed by atoms with van der Waals surface area (Å²) in [5.41, 5.74) is -0.0754. The van der Waals surface area contributed by atoms with Gasteiger partial charge >= 0.3 is 0 Å². The van der Waals surface area contributed by atoms with E-state index in [1.54, 1.807) is 7.05 Å². The van der Waals surface area contributed by atoms with Crippen LogP contribution in [0.1, 0.15) is 26.7 Å². The minimum absolute atomic E-state index is 0.0240. The molecule has 0 rings (SSSR count). The summed E-state index contributed by atoms with van der Waals surface area (Å²) in [6.07, 6.45) is 1.83. The highest BCUT2D eigenvalue weighted by molar-refractivity contribution is 5.77. The highest BCUT2D eigenvalue weighted by Gasteiger charge is 2.24. The quantitative estimate of drug-likeness (QED) is 0.549. The van der Waals surface area contributed by atoms with Crippen molar-refractivity contribution in [2.75, 3.05) is 26.7 Å². The molecule has 0 heterocycles. The average molecular weight is 202 g/mol. The van der Waals surface area contributed by atoms with Crippen molar-refractivity contribution < 1.29 is 9.90 Å². The molecule has 0 aromatic carbocycles. The van der Waals surface area contributed by atoms with E-state index in [9.17, 15) is 9.90 Å². The molecule has 0 saturated heterocycles. The van der Waals surface area contributed by atoms with Crippen LogP contribution in [0, 0.1) is 5.41 Å². The molecule has 0 atom stereocenters. The Labute approximate surface area is 86.1 Å². The Balaban J connectivity index is 3.88. The second kappa shape index (κ2) is 6.79. The third kappa shape index (κ3) is 4.07. The average Bonchev–Trinajstić information content (AvgIpc) is 2.25. The van der Waals surface area contributed by atoms with E-state index in [1.165, 1.54) is 0 Å². The number of hydrogen-bond acceptors (Lipinski definition) is 3. The molecule has 0 spiro atoms. The first-order valence-corrected chi connectivity index (χ1v) is 5.16. The van der Waals surface area contributed by atoms with Crippen molar-refractivity contribution in [3.05, 3.63) is 0 Å². The van der Waals surface area contributed by atoms with E-state index in [-0.39, 0.29) is 17.9 Å². The minimum atomic E-state index is -0.0754. The molecule has 0 aliphatic rings. The first kappa shape index (κ1) is 13.4. The number of likely N-dealkylation sites (N-methyl/N-ethyl adjacent to an activating group) is 1. The molecule has 3 N–H and O–H groups in total. The summed E-state index contributed by atoms with van der Waals surface area (Å²) in [5.74, 6) is -0.0240. The lowest BCUT2D eigenvalue weighted by Gasteiger charge is -2.29. The molecular weight excluding hydrogens is 180 g/mol. The fraction of sp³-hybridized carbons (Fsp3) is 0.900. The second-order valence-electron chi connectivity index (χ2n) is 3.64. The molecule has 1 amide bonds. The van der Waals surface area contributed by atoms with E-state index >= 15 is 0 Å². The van der Waals surface area contributed by atoms with Crippen LogP contribution in [0.4, 0.5) is 0 Å². The van der Waals surface area contributed by atoms with Crippen molar-refractivity contribution in [2.45, 2.75) is 26.7 Å². The first-order valence-electron chi connectivity index (χ1n) is 5.16. The summed E-state index contributed by atoms with van der Waals surface area (Å²) in [6.45, 7) is 5.28. The van der Waals surface area contributed by atoms with Crippen molar-refractivity contribution in [1.29, 1.82) is 0 Å². The molecule has 0 aliphatic heterocycles. The Bertz CT molecular complexity index is 159. The number of aliphatic hydroxyl groups is 1. The van der Waals surface area contributed by atoms with Gasteiger partial charge in [-0.05, 0) is 12.8 Å². The molecule has 0 bridgehead atoms. The van der Waals surface area contributed by atoms with Crippen molar-refractivity contribution >= 4 is 5.91 Å². The standard InChI is InChI=1S/C10H22N2O2/c1-4-10(5-2,8-13)7-12-6-9(14)11-3/h12-13H,4-8H2,1-3H3,(H,11,14). The first-order chi connectivity index (χ1) is 6.64. The van der Waals surface area contributed by atoms with E-state index in [2.05, 4.69) is 24.5 Å². The maximum Gasteiger partial charge on any atom is 0.233 e. The predicted molar refractivity (Wildman–Crippen MR) is 57.0 cm³/mol. The summed E-state index contributed by atoms with van der Waals surface area (Å²) in [6, 6.07) is 0. The fourth-order valence-electron chi connectivity index (χ4n) is 1.31. The van der Waals surface area contributed by atoms with Gasteiger partial charge in [-0.2, -0.15) is 0 Å².